The zero-order valence-corrected chi connectivity index (χ0v) is 15.8. The first-order valence-electron chi connectivity index (χ1n) is 9.04. The van der Waals surface area contributed by atoms with Crippen LogP contribution >= 0.6 is 0 Å². The van der Waals surface area contributed by atoms with Gasteiger partial charge in [-0.2, -0.15) is 0 Å². The molecular formula is C20H23N3O5. The van der Waals surface area contributed by atoms with Crippen molar-refractivity contribution in [1.29, 1.82) is 0 Å². The summed E-state index contributed by atoms with van der Waals surface area (Å²) in [6, 6.07) is 13.7. The molecule has 1 heterocycles. The zero-order valence-electron chi connectivity index (χ0n) is 15.8. The van der Waals surface area contributed by atoms with E-state index in [1.807, 2.05) is 42.2 Å². The van der Waals surface area contributed by atoms with Crippen molar-refractivity contribution < 1.29 is 19.2 Å². The number of rotatable bonds is 7. The lowest BCUT2D eigenvalue weighted by Crippen LogP contribution is -2.44. The molecule has 0 aliphatic carbocycles. The van der Waals surface area contributed by atoms with E-state index in [1.165, 1.54) is 12.1 Å². The van der Waals surface area contributed by atoms with Gasteiger partial charge in [-0.05, 0) is 31.7 Å². The second-order valence-electron chi connectivity index (χ2n) is 6.74. The van der Waals surface area contributed by atoms with Crippen molar-refractivity contribution in [3.8, 4) is 11.5 Å². The van der Waals surface area contributed by atoms with Gasteiger partial charge in [-0.15, -0.1) is 0 Å². The molecule has 2 aromatic carbocycles. The Morgan fingerprint density at radius 1 is 1.29 bits per heavy atom. The van der Waals surface area contributed by atoms with Gasteiger partial charge < -0.3 is 14.8 Å². The topological polar surface area (TPSA) is 93.9 Å². The highest BCUT2D eigenvalue weighted by Crippen LogP contribution is 2.30. The molecule has 0 unspecified atom stereocenters. The number of carbonyl (C=O) groups is 1. The molecule has 2 atom stereocenters. The molecule has 8 nitrogen and oxygen atoms in total. The van der Waals surface area contributed by atoms with Crippen molar-refractivity contribution in [2.24, 2.45) is 0 Å². The summed E-state index contributed by atoms with van der Waals surface area (Å²) < 4.78 is 11.5. The van der Waals surface area contributed by atoms with E-state index in [-0.39, 0.29) is 30.3 Å². The van der Waals surface area contributed by atoms with Gasteiger partial charge in [0.05, 0.1) is 18.0 Å². The Kier molecular flexibility index (Phi) is 6.10. The van der Waals surface area contributed by atoms with Crippen LogP contribution in [0.2, 0.25) is 0 Å². The number of carbonyl (C=O) groups excluding carboxylic acids is 1. The molecule has 0 saturated carbocycles. The van der Waals surface area contributed by atoms with Crippen LogP contribution in [0.5, 0.6) is 11.5 Å². The first-order chi connectivity index (χ1) is 13.4. The molecule has 148 valence electrons. The molecule has 0 radical (unpaired) electrons. The standard InChI is InChI=1S/C20H23N3O5/c1-14(15-6-5-7-16(10-15)23(25)26)22(2)12-20(24)21-11-17-13-27-18-8-3-4-9-19(18)28-17/h3-10,14,17H,11-13H2,1-2H3,(H,21,24)/t14-,17+/m0/s1. The Morgan fingerprint density at radius 2 is 2.04 bits per heavy atom. The molecule has 0 spiro atoms. The second-order valence-corrected chi connectivity index (χ2v) is 6.74. The monoisotopic (exact) mass is 385 g/mol. The normalized spacial score (nSPS) is 16.5. The summed E-state index contributed by atoms with van der Waals surface area (Å²) in [4.78, 5) is 24.6. The number of nitrogens with zero attached hydrogens (tertiary/aromatic N) is 2. The lowest BCUT2D eigenvalue weighted by molar-refractivity contribution is -0.384. The summed E-state index contributed by atoms with van der Waals surface area (Å²) in [5.74, 6) is 1.22. The lowest BCUT2D eigenvalue weighted by atomic mass is 10.1. The summed E-state index contributed by atoms with van der Waals surface area (Å²) in [6.45, 7) is 2.78. The number of fused-ring (bicyclic) bond motifs is 1. The number of para-hydroxylation sites is 2. The number of likely N-dealkylation sites (N-methyl/N-ethyl adjacent to an activating group) is 1. The number of nitro benzene ring substituents is 1. The van der Waals surface area contributed by atoms with Crippen LogP contribution < -0.4 is 14.8 Å². The molecule has 28 heavy (non-hydrogen) atoms. The van der Waals surface area contributed by atoms with Crippen LogP contribution in [0.4, 0.5) is 5.69 Å². The number of nitrogens with one attached hydrogen (secondary N) is 1. The summed E-state index contributed by atoms with van der Waals surface area (Å²) in [6.07, 6.45) is -0.252. The van der Waals surface area contributed by atoms with Crippen LogP contribution in [-0.2, 0) is 4.79 Å². The molecule has 0 aromatic heterocycles. The molecule has 2 aromatic rings. The molecule has 0 bridgehead atoms. The van der Waals surface area contributed by atoms with E-state index in [9.17, 15) is 14.9 Å². The van der Waals surface area contributed by atoms with Crippen LogP contribution in [0.3, 0.4) is 0 Å². The highest BCUT2D eigenvalue weighted by Gasteiger charge is 2.22. The van der Waals surface area contributed by atoms with Gasteiger partial charge in [0.1, 0.15) is 12.7 Å². The minimum atomic E-state index is -0.423. The van der Waals surface area contributed by atoms with Gasteiger partial charge in [-0.25, -0.2) is 0 Å². The van der Waals surface area contributed by atoms with Crippen LogP contribution in [0.1, 0.15) is 18.5 Å². The Morgan fingerprint density at radius 3 is 2.79 bits per heavy atom. The van der Waals surface area contributed by atoms with Crippen LogP contribution in [-0.4, -0.2) is 48.6 Å². The summed E-state index contributed by atoms with van der Waals surface area (Å²) in [7, 11) is 1.81. The molecule has 3 rings (SSSR count). The van der Waals surface area contributed by atoms with Gasteiger partial charge >= 0.3 is 0 Å². The maximum absolute atomic E-state index is 12.3. The Hall–Kier alpha value is -3.13. The van der Waals surface area contributed by atoms with E-state index in [4.69, 9.17) is 9.47 Å². The Bertz CT molecular complexity index is 857. The number of hydrogen-bond acceptors (Lipinski definition) is 6. The molecule has 1 N–H and O–H groups in total. The molecular weight excluding hydrogens is 362 g/mol. The third-order valence-corrected chi connectivity index (χ3v) is 4.71. The van der Waals surface area contributed by atoms with E-state index in [2.05, 4.69) is 5.32 Å². The van der Waals surface area contributed by atoms with Gasteiger partial charge in [0.2, 0.25) is 5.91 Å². The van der Waals surface area contributed by atoms with Gasteiger partial charge in [0.25, 0.3) is 5.69 Å². The number of amides is 1. The van der Waals surface area contributed by atoms with E-state index in [0.29, 0.717) is 24.7 Å². The van der Waals surface area contributed by atoms with Crippen LogP contribution in [0.15, 0.2) is 48.5 Å². The van der Waals surface area contributed by atoms with Gasteiger partial charge in [0.15, 0.2) is 11.5 Å². The quantitative estimate of drug-likeness (QED) is 0.581. The molecule has 0 fully saturated rings. The van der Waals surface area contributed by atoms with E-state index >= 15 is 0 Å². The largest absolute Gasteiger partial charge is 0.486 e. The molecule has 1 amide bonds. The van der Waals surface area contributed by atoms with Crippen molar-refractivity contribution >= 4 is 11.6 Å². The summed E-state index contributed by atoms with van der Waals surface area (Å²) in [5.41, 5.74) is 0.821. The van der Waals surface area contributed by atoms with Crippen LogP contribution in [0, 0.1) is 10.1 Å². The maximum Gasteiger partial charge on any atom is 0.269 e. The number of hydrogen-bond donors (Lipinski definition) is 1. The fraction of sp³-hybridized carbons (Fsp3) is 0.350. The molecule has 0 saturated heterocycles. The minimum Gasteiger partial charge on any atom is -0.486 e. The molecule has 1 aliphatic heterocycles. The molecule has 1 aliphatic rings. The fourth-order valence-electron chi connectivity index (χ4n) is 2.96. The van der Waals surface area contributed by atoms with Crippen molar-refractivity contribution in [2.45, 2.75) is 19.1 Å². The number of ether oxygens (including phenoxy) is 2. The molecule has 8 heteroatoms. The number of non-ortho nitro benzene ring substituents is 1. The number of nitro groups is 1. The Balaban J connectivity index is 1.49. The second kappa shape index (κ2) is 8.71. The maximum atomic E-state index is 12.3. The third kappa shape index (κ3) is 4.77. The van der Waals surface area contributed by atoms with E-state index < -0.39 is 4.92 Å². The smallest absolute Gasteiger partial charge is 0.269 e. The Labute approximate surface area is 163 Å². The predicted octanol–water partition coefficient (Wildman–Crippen LogP) is 2.54. The van der Waals surface area contributed by atoms with E-state index in [1.54, 1.807) is 13.1 Å². The van der Waals surface area contributed by atoms with E-state index in [0.717, 1.165) is 5.56 Å². The predicted molar refractivity (Wildman–Crippen MR) is 104 cm³/mol. The number of benzene rings is 2. The summed E-state index contributed by atoms with van der Waals surface area (Å²) in [5, 5.41) is 13.8. The first kappa shape index (κ1) is 19.6. The highest BCUT2D eigenvalue weighted by atomic mass is 16.6. The van der Waals surface area contributed by atoms with Crippen molar-refractivity contribution in [3.63, 3.8) is 0 Å². The first-order valence-corrected chi connectivity index (χ1v) is 9.04. The van der Waals surface area contributed by atoms with Crippen molar-refractivity contribution in [1.82, 2.24) is 10.2 Å². The third-order valence-electron chi connectivity index (χ3n) is 4.71. The van der Waals surface area contributed by atoms with Gasteiger partial charge in [-0.3, -0.25) is 19.8 Å². The minimum absolute atomic E-state index is 0.0388. The SMILES string of the molecule is C[C@@H](c1cccc([N+](=O)[O-])c1)N(C)CC(=O)NC[C@@H]1COc2ccccc2O1. The average Bonchev–Trinajstić information content (AvgIpc) is 2.71. The van der Waals surface area contributed by atoms with Gasteiger partial charge in [-0.1, -0.05) is 24.3 Å². The summed E-state index contributed by atoms with van der Waals surface area (Å²) >= 11 is 0. The van der Waals surface area contributed by atoms with Crippen molar-refractivity contribution in [2.75, 3.05) is 26.7 Å². The zero-order chi connectivity index (χ0) is 20.1. The average molecular weight is 385 g/mol. The van der Waals surface area contributed by atoms with Crippen LogP contribution in [0.25, 0.3) is 0 Å². The lowest BCUT2D eigenvalue weighted by Gasteiger charge is -2.27. The fourth-order valence-corrected chi connectivity index (χ4v) is 2.96. The van der Waals surface area contributed by atoms with Gasteiger partial charge in [0, 0.05) is 18.2 Å². The highest BCUT2D eigenvalue weighted by molar-refractivity contribution is 5.78. The van der Waals surface area contributed by atoms with Crippen molar-refractivity contribution in [3.05, 3.63) is 64.2 Å².